The van der Waals surface area contributed by atoms with Crippen LogP contribution in [0.5, 0.6) is 0 Å². The van der Waals surface area contributed by atoms with Crippen molar-refractivity contribution in [1.29, 1.82) is 5.26 Å². The normalized spacial score (nSPS) is 11.0. The van der Waals surface area contributed by atoms with Crippen molar-refractivity contribution in [2.24, 2.45) is 0 Å². The number of nitriles is 1. The molecular weight excluding hydrogens is 246 g/mol. The Morgan fingerprint density at radius 1 is 1.28 bits per heavy atom. The highest BCUT2D eigenvalue weighted by Gasteiger charge is 2.03. The Morgan fingerprint density at radius 3 is 2.67 bits per heavy atom. The quantitative estimate of drug-likeness (QED) is 0.537. The molecule has 0 saturated heterocycles. The predicted octanol–water partition coefficient (Wildman–Crippen LogP) is 4.47. The van der Waals surface area contributed by atoms with Gasteiger partial charge in [-0.15, -0.1) is 0 Å². The fourth-order valence-electron chi connectivity index (χ4n) is 1.57. The number of nitrogens with zero attached hydrogens (tertiary/aromatic N) is 1. The van der Waals surface area contributed by atoms with Gasteiger partial charge in [-0.05, 0) is 19.3 Å². The van der Waals surface area contributed by atoms with E-state index in [1.807, 2.05) is 36.4 Å². The van der Waals surface area contributed by atoms with Crippen molar-refractivity contribution < 1.29 is 4.79 Å². The molecule has 0 N–H and O–H groups in total. The van der Waals surface area contributed by atoms with Gasteiger partial charge in [0.15, 0.2) is 5.78 Å². The third kappa shape index (κ3) is 5.65. The van der Waals surface area contributed by atoms with Crippen LogP contribution in [0.2, 0.25) is 0 Å². The summed E-state index contributed by atoms with van der Waals surface area (Å²) < 4.78 is 0. The summed E-state index contributed by atoms with van der Waals surface area (Å²) in [7, 11) is 0. The van der Waals surface area contributed by atoms with Gasteiger partial charge >= 0.3 is 0 Å². The number of carbonyl (C=O) groups excluding carboxylic acids is 1. The molecule has 2 nitrogen and oxygen atoms in total. The zero-order chi connectivity index (χ0) is 13.2. The molecule has 1 aromatic carbocycles. The van der Waals surface area contributed by atoms with Gasteiger partial charge in [-0.25, -0.2) is 0 Å². The summed E-state index contributed by atoms with van der Waals surface area (Å²) in [5, 5.41) is 9.14. The highest BCUT2D eigenvalue weighted by Crippen LogP contribution is 2.14. The third-order valence-electron chi connectivity index (χ3n) is 2.54. The minimum absolute atomic E-state index is 0.133. The van der Waals surface area contributed by atoms with Gasteiger partial charge < -0.3 is 0 Å². The molecular formula is C15H16ClNO. The predicted molar refractivity (Wildman–Crippen MR) is 73.4 cm³/mol. The first-order chi connectivity index (χ1) is 8.74. The highest BCUT2D eigenvalue weighted by atomic mass is 35.5. The second-order valence-electron chi connectivity index (χ2n) is 3.99. The Hall–Kier alpha value is -1.59. The second-order valence-corrected chi connectivity index (χ2v) is 4.48. The minimum atomic E-state index is 0.133. The van der Waals surface area contributed by atoms with Crippen LogP contribution in [0.3, 0.4) is 0 Å². The van der Waals surface area contributed by atoms with E-state index in [2.05, 4.69) is 6.07 Å². The first kappa shape index (κ1) is 14.5. The first-order valence-corrected chi connectivity index (χ1v) is 6.41. The topological polar surface area (TPSA) is 40.9 Å². The van der Waals surface area contributed by atoms with Gasteiger partial charge in [0.1, 0.15) is 0 Å². The van der Waals surface area contributed by atoms with E-state index >= 15 is 0 Å². The molecule has 0 spiro atoms. The molecule has 94 valence electrons. The maximum Gasteiger partial charge on any atom is 0.163 e. The maximum atomic E-state index is 11.8. The lowest BCUT2D eigenvalue weighted by molar-refractivity contribution is 0.0983. The van der Waals surface area contributed by atoms with Crippen LogP contribution in [0, 0.1) is 11.3 Å². The van der Waals surface area contributed by atoms with E-state index in [0.29, 0.717) is 25.7 Å². The van der Waals surface area contributed by atoms with Crippen molar-refractivity contribution >= 4 is 17.4 Å². The largest absolute Gasteiger partial charge is 0.294 e. The average molecular weight is 262 g/mol. The molecule has 0 saturated carbocycles. The Balaban J connectivity index is 2.31. The van der Waals surface area contributed by atoms with Gasteiger partial charge in [-0.2, -0.15) is 5.26 Å². The summed E-state index contributed by atoms with van der Waals surface area (Å²) in [6, 6.07) is 11.3. The van der Waals surface area contributed by atoms with Crippen molar-refractivity contribution in [2.45, 2.75) is 32.1 Å². The highest BCUT2D eigenvalue weighted by molar-refractivity contribution is 6.29. The molecule has 0 fully saturated rings. The third-order valence-corrected chi connectivity index (χ3v) is 2.88. The number of ketones is 1. The summed E-state index contributed by atoms with van der Waals surface area (Å²) in [6.45, 7) is 0. The van der Waals surface area contributed by atoms with E-state index in [1.54, 1.807) is 0 Å². The molecule has 0 atom stereocenters. The molecule has 0 aliphatic carbocycles. The van der Waals surface area contributed by atoms with Crippen LogP contribution in [0.25, 0.3) is 0 Å². The van der Waals surface area contributed by atoms with Crippen molar-refractivity contribution in [2.75, 3.05) is 0 Å². The minimum Gasteiger partial charge on any atom is -0.294 e. The number of halogens is 1. The molecule has 1 aromatic rings. The number of Topliss-reactive ketones (excluding diaryl/α,β-unsaturated/α-hetero) is 1. The number of hydrogen-bond acceptors (Lipinski definition) is 2. The number of hydrogen-bond donors (Lipinski definition) is 0. The lowest BCUT2D eigenvalue weighted by atomic mass is 10.1. The van der Waals surface area contributed by atoms with Gasteiger partial charge in [-0.1, -0.05) is 48.0 Å². The number of allylic oxidation sites excluding steroid dienone is 2. The zero-order valence-electron chi connectivity index (χ0n) is 10.2. The van der Waals surface area contributed by atoms with Crippen LogP contribution in [-0.4, -0.2) is 5.78 Å². The summed E-state index contributed by atoms with van der Waals surface area (Å²) in [4.78, 5) is 11.8. The van der Waals surface area contributed by atoms with Crippen molar-refractivity contribution in [3.05, 3.63) is 47.0 Å². The van der Waals surface area contributed by atoms with Crippen LogP contribution in [0.1, 0.15) is 42.5 Å². The van der Waals surface area contributed by atoms with E-state index < -0.39 is 0 Å². The molecule has 0 unspecified atom stereocenters. The van der Waals surface area contributed by atoms with Crippen molar-refractivity contribution in [1.82, 2.24) is 0 Å². The lowest BCUT2D eigenvalue weighted by Gasteiger charge is -1.99. The molecule has 0 radical (unpaired) electrons. The molecule has 0 aromatic heterocycles. The van der Waals surface area contributed by atoms with E-state index in [9.17, 15) is 4.79 Å². The summed E-state index contributed by atoms with van der Waals surface area (Å²) >= 11 is 5.99. The molecule has 0 heterocycles. The number of benzene rings is 1. The van der Waals surface area contributed by atoms with Crippen molar-refractivity contribution in [3.63, 3.8) is 0 Å². The summed E-state index contributed by atoms with van der Waals surface area (Å²) in [6.07, 6.45) is 5.01. The summed E-state index contributed by atoms with van der Waals surface area (Å²) in [5.41, 5.74) is 0.742. The molecule has 0 aliphatic rings. The van der Waals surface area contributed by atoms with Crippen LogP contribution in [-0.2, 0) is 0 Å². The molecule has 0 bridgehead atoms. The Bertz CT molecular complexity index is 445. The van der Waals surface area contributed by atoms with Crippen LogP contribution in [0.4, 0.5) is 0 Å². The van der Waals surface area contributed by atoms with E-state index in [1.165, 1.54) is 0 Å². The molecule has 3 heteroatoms. The lowest BCUT2D eigenvalue weighted by Crippen LogP contribution is -1.97. The summed E-state index contributed by atoms with van der Waals surface area (Å²) in [5.74, 6) is 0.133. The van der Waals surface area contributed by atoms with Gasteiger partial charge in [-0.3, -0.25) is 4.79 Å². The standard InChI is InChI=1S/C15H16ClNO/c16-14(9-4-5-12-17)10-6-11-15(18)13-7-2-1-3-8-13/h1-3,7-8,10H,4-6,9,11H2/b14-10+. The van der Waals surface area contributed by atoms with Gasteiger partial charge in [0, 0.05) is 23.4 Å². The van der Waals surface area contributed by atoms with Crippen LogP contribution in [0.15, 0.2) is 41.4 Å². The smallest absolute Gasteiger partial charge is 0.163 e. The molecule has 0 amide bonds. The van der Waals surface area contributed by atoms with Crippen LogP contribution >= 0.6 is 11.6 Å². The Morgan fingerprint density at radius 2 is 2.00 bits per heavy atom. The second kappa shape index (κ2) is 8.49. The van der Waals surface area contributed by atoms with E-state index in [-0.39, 0.29) is 5.78 Å². The molecule has 0 aliphatic heterocycles. The van der Waals surface area contributed by atoms with Gasteiger partial charge in [0.25, 0.3) is 0 Å². The fraction of sp³-hybridized carbons (Fsp3) is 0.333. The fourth-order valence-corrected chi connectivity index (χ4v) is 1.81. The van der Waals surface area contributed by atoms with Gasteiger partial charge in [0.05, 0.1) is 6.07 Å². The Labute approximate surface area is 113 Å². The maximum absolute atomic E-state index is 11.8. The number of carbonyl (C=O) groups is 1. The van der Waals surface area contributed by atoms with Gasteiger partial charge in [0.2, 0.25) is 0 Å². The van der Waals surface area contributed by atoms with E-state index in [4.69, 9.17) is 16.9 Å². The zero-order valence-corrected chi connectivity index (χ0v) is 11.0. The number of unbranched alkanes of at least 4 members (excludes halogenated alkanes) is 1. The molecule has 1 rings (SSSR count). The van der Waals surface area contributed by atoms with Crippen molar-refractivity contribution in [3.8, 4) is 6.07 Å². The monoisotopic (exact) mass is 261 g/mol. The van der Waals surface area contributed by atoms with E-state index in [0.717, 1.165) is 17.0 Å². The SMILES string of the molecule is N#CCCC/C(Cl)=C\CCC(=O)c1ccccc1. The number of rotatable bonds is 7. The Kier molecular flexibility index (Phi) is 6.83. The first-order valence-electron chi connectivity index (χ1n) is 6.03. The van der Waals surface area contributed by atoms with Crippen LogP contribution < -0.4 is 0 Å². The average Bonchev–Trinajstić information content (AvgIpc) is 2.40. The molecule has 18 heavy (non-hydrogen) atoms.